The van der Waals surface area contributed by atoms with Crippen molar-refractivity contribution in [2.45, 2.75) is 31.3 Å². The first-order valence-electron chi connectivity index (χ1n) is 7.25. The molecule has 0 atom stereocenters. The van der Waals surface area contributed by atoms with E-state index in [4.69, 9.17) is 4.74 Å². The molecule has 0 aromatic heterocycles. The molecule has 0 spiro atoms. The van der Waals surface area contributed by atoms with Gasteiger partial charge in [-0.05, 0) is 53.5 Å². The molecule has 0 unspecified atom stereocenters. The lowest BCUT2D eigenvalue weighted by atomic mass is 10.2. The molecule has 6 heteroatoms. The van der Waals surface area contributed by atoms with Crippen molar-refractivity contribution in [3.05, 3.63) is 58.6 Å². The van der Waals surface area contributed by atoms with E-state index in [1.54, 1.807) is 25.3 Å². The van der Waals surface area contributed by atoms with Crippen molar-refractivity contribution in [3.63, 3.8) is 0 Å². The molecular formula is C17H20BrNO3S. The van der Waals surface area contributed by atoms with Gasteiger partial charge in [0.1, 0.15) is 5.75 Å². The smallest absolute Gasteiger partial charge is 0.243 e. The molecule has 0 N–H and O–H groups in total. The number of rotatable bonds is 6. The third kappa shape index (κ3) is 4.13. The molecular weight excluding hydrogens is 378 g/mol. The Morgan fingerprint density at radius 3 is 2.30 bits per heavy atom. The van der Waals surface area contributed by atoms with Crippen LogP contribution in [-0.2, 0) is 16.6 Å². The zero-order valence-electron chi connectivity index (χ0n) is 13.4. The van der Waals surface area contributed by atoms with Crippen molar-refractivity contribution in [2.75, 3.05) is 7.11 Å². The Bertz CT molecular complexity index is 761. The summed E-state index contributed by atoms with van der Waals surface area (Å²) in [6.07, 6.45) is 0. The second kappa shape index (κ2) is 7.47. The van der Waals surface area contributed by atoms with E-state index in [2.05, 4.69) is 15.9 Å². The fourth-order valence-electron chi connectivity index (χ4n) is 2.25. The van der Waals surface area contributed by atoms with Crippen LogP contribution in [0.3, 0.4) is 0 Å². The summed E-state index contributed by atoms with van der Waals surface area (Å²) in [7, 11) is -2.05. The summed E-state index contributed by atoms with van der Waals surface area (Å²) in [6.45, 7) is 4.09. The van der Waals surface area contributed by atoms with Gasteiger partial charge in [-0.25, -0.2) is 8.42 Å². The number of methoxy groups -OCH3 is 1. The SMILES string of the molecule is COc1ccc(S(=O)(=O)N(Cc2ccccc2)C(C)C)cc1Br. The summed E-state index contributed by atoms with van der Waals surface area (Å²) < 4.78 is 33.3. The highest BCUT2D eigenvalue weighted by molar-refractivity contribution is 9.10. The molecule has 2 rings (SSSR count). The summed E-state index contributed by atoms with van der Waals surface area (Å²) in [4.78, 5) is 0.245. The van der Waals surface area contributed by atoms with Crippen LogP contribution in [0.15, 0.2) is 57.9 Å². The molecule has 0 aliphatic carbocycles. The molecule has 0 heterocycles. The van der Waals surface area contributed by atoms with E-state index in [0.29, 0.717) is 16.8 Å². The van der Waals surface area contributed by atoms with Gasteiger partial charge in [-0.15, -0.1) is 0 Å². The van der Waals surface area contributed by atoms with Crippen LogP contribution < -0.4 is 4.74 Å². The Balaban J connectivity index is 2.39. The second-order valence-electron chi connectivity index (χ2n) is 5.43. The molecule has 0 aliphatic rings. The number of sulfonamides is 1. The monoisotopic (exact) mass is 397 g/mol. The molecule has 0 aliphatic heterocycles. The Kier molecular flexibility index (Phi) is 5.84. The van der Waals surface area contributed by atoms with Gasteiger partial charge >= 0.3 is 0 Å². The average Bonchev–Trinajstić information content (AvgIpc) is 2.53. The van der Waals surface area contributed by atoms with E-state index in [9.17, 15) is 8.42 Å². The molecule has 0 amide bonds. The molecule has 0 saturated heterocycles. The van der Waals surface area contributed by atoms with Crippen LogP contribution in [0.25, 0.3) is 0 Å². The highest BCUT2D eigenvalue weighted by Crippen LogP contribution is 2.30. The van der Waals surface area contributed by atoms with Crippen LogP contribution in [0.5, 0.6) is 5.75 Å². The fraction of sp³-hybridized carbons (Fsp3) is 0.294. The van der Waals surface area contributed by atoms with Gasteiger partial charge in [0.15, 0.2) is 0 Å². The minimum absolute atomic E-state index is 0.152. The Labute approximate surface area is 146 Å². The molecule has 0 saturated carbocycles. The second-order valence-corrected chi connectivity index (χ2v) is 8.17. The molecule has 4 nitrogen and oxygen atoms in total. The van der Waals surface area contributed by atoms with Gasteiger partial charge in [0.2, 0.25) is 10.0 Å². The number of benzene rings is 2. The topological polar surface area (TPSA) is 46.6 Å². The van der Waals surface area contributed by atoms with Crippen LogP contribution in [0.2, 0.25) is 0 Å². The third-order valence-electron chi connectivity index (χ3n) is 3.49. The number of ether oxygens (including phenoxy) is 1. The summed E-state index contributed by atoms with van der Waals surface area (Å²) in [5.74, 6) is 0.600. The lowest BCUT2D eigenvalue weighted by Crippen LogP contribution is -2.36. The molecule has 124 valence electrons. The van der Waals surface area contributed by atoms with Crippen LogP contribution >= 0.6 is 15.9 Å². The summed E-state index contributed by atoms with van der Waals surface area (Å²) in [6, 6.07) is 14.2. The van der Waals surface area contributed by atoms with Gasteiger partial charge < -0.3 is 4.74 Å². The summed E-state index contributed by atoms with van der Waals surface area (Å²) in [5, 5.41) is 0. The predicted octanol–water partition coefficient (Wildman–Crippen LogP) is 4.06. The standard InChI is InChI=1S/C17H20BrNO3S/c1-13(2)19(12-14-7-5-4-6-8-14)23(20,21)15-9-10-17(22-3)16(18)11-15/h4-11,13H,12H2,1-3H3. The van der Waals surface area contributed by atoms with Crippen LogP contribution in [0.4, 0.5) is 0 Å². The summed E-state index contributed by atoms with van der Waals surface area (Å²) >= 11 is 3.34. The van der Waals surface area contributed by atoms with Crippen LogP contribution in [0, 0.1) is 0 Å². The van der Waals surface area contributed by atoms with Gasteiger partial charge in [0.05, 0.1) is 16.5 Å². The lowest BCUT2D eigenvalue weighted by Gasteiger charge is -2.26. The van der Waals surface area contributed by atoms with Crippen molar-refractivity contribution in [1.29, 1.82) is 0 Å². The van der Waals surface area contributed by atoms with Gasteiger partial charge in [-0.2, -0.15) is 4.31 Å². The normalized spacial score (nSPS) is 11.9. The minimum atomic E-state index is -3.60. The molecule has 0 radical (unpaired) electrons. The van der Waals surface area contributed by atoms with E-state index < -0.39 is 10.0 Å². The molecule has 2 aromatic carbocycles. The van der Waals surface area contributed by atoms with Crippen molar-refractivity contribution in [3.8, 4) is 5.75 Å². The van der Waals surface area contributed by atoms with Crippen molar-refractivity contribution < 1.29 is 13.2 Å². The maximum absolute atomic E-state index is 13.0. The maximum atomic E-state index is 13.0. The van der Waals surface area contributed by atoms with Gasteiger partial charge in [-0.1, -0.05) is 30.3 Å². The zero-order chi connectivity index (χ0) is 17.0. The summed E-state index contributed by atoms with van der Waals surface area (Å²) in [5.41, 5.74) is 0.956. The third-order valence-corrected chi connectivity index (χ3v) is 6.12. The average molecular weight is 398 g/mol. The predicted molar refractivity (Wildman–Crippen MR) is 95.0 cm³/mol. The number of hydrogen-bond acceptors (Lipinski definition) is 3. The Morgan fingerprint density at radius 1 is 1.13 bits per heavy atom. The van der Waals surface area contributed by atoms with Crippen LogP contribution in [-0.4, -0.2) is 25.9 Å². The van der Waals surface area contributed by atoms with E-state index in [1.807, 2.05) is 44.2 Å². The first-order chi connectivity index (χ1) is 10.9. The van der Waals surface area contributed by atoms with Crippen molar-refractivity contribution >= 4 is 26.0 Å². The first kappa shape index (κ1) is 18.0. The highest BCUT2D eigenvalue weighted by Gasteiger charge is 2.27. The maximum Gasteiger partial charge on any atom is 0.243 e. The van der Waals surface area contributed by atoms with Gasteiger partial charge in [0, 0.05) is 12.6 Å². The minimum Gasteiger partial charge on any atom is -0.496 e. The van der Waals surface area contributed by atoms with Crippen LogP contribution in [0.1, 0.15) is 19.4 Å². The largest absolute Gasteiger partial charge is 0.496 e. The Hall–Kier alpha value is -1.37. The van der Waals surface area contributed by atoms with Crippen molar-refractivity contribution in [2.24, 2.45) is 0 Å². The fourth-order valence-corrected chi connectivity index (χ4v) is 4.60. The first-order valence-corrected chi connectivity index (χ1v) is 9.49. The number of nitrogens with zero attached hydrogens (tertiary/aromatic N) is 1. The van der Waals surface area contributed by atoms with Gasteiger partial charge in [0.25, 0.3) is 0 Å². The quantitative estimate of drug-likeness (QED) is 0.738. The zero-order valence-corrected chi connectivity index (χ0v) is 15.8. The Morgan fingerprint density at radius 2 is 1.78 bits per heavy atom. The molecule has 2 aromatic rings. The van der Waals surface area contributed by atoms with E-state index >= 15 is 0 Å². The molecule has 0 fully saturated rings. The lowest BCUT2D eigenvalue weighted by molar-refractivity contribution is 0.348. The van der Waals surface area contributed by atoms with E-state index in [1.165, 1.54) is 4.31 Å². The van der Waals surface area contributed by atoms with E-state index in [0.717, 1.165) is 5.56 Å². The number of hydrogen-bond donors (Lipinski definition) is 0. The highest BCUT2D eigenvalue weighted by atomic mass is 79.9. The van der Waals surface area contributed by atoms with E-state index in [-0.39, 0.29) is 10.9 Å². The van der Waals surface area contributed by atoms with Crippen molar-refractivity contribution in [1.82, 2.24) is 4.31 Å². The number of halogens is 1. The molecule has 23 heavy (non-hydrogen) atoms. The molecule has 0 bridgehead atoms. The van der Waals surface area contributed by atoms with Gasteiger partial charge in [-0.3, -0.25) is 0 Å².